The van der Waals surface area contributed by atoms with Crippen molar-refractivity contribution in [3.63, 3.8) is 0 Å². The molecule has 0 radical (unpaired) electrons. The highest BCUT2D eigenvalue weighted by atomic mass is 16.3. The zero-order chi connectivity index (χ0) is 35.3. The van der Waals surface area contributed by atoms with Gasteiger partial charge in [-0.3, -0.25) is 4.99 Å². The van der Waals surface area contributed by atoms with Crippen LogP contribution in [0.2, 0.25) is 0 Å². The molecule has 0 aliphatic carbocycles. The number of nitrogens with two attached hydrogens (primary N) is 1. The second kappa shape index (κ2) is 14.5. The summed E-state index contributed by atoms with van der Waals surface area (Å²) in [7, 11) is 0. The van der Waals surface area contributed by atoms with Gasteiger partial charge in [0.15, 0.2) is 5.84 Å². The van der Waals surface area contributed by atoms with E-state index in [1.54, 1.807) is 6.07 Å². The van der Waals surface area contributed by atoms with Crippen molar-refractivity contribution in [2.45, 2.75) is 6.54 Å². The SMILES string of the molecule is N/C(=N\C(=N/Cc1cc2ccccc2cc1-c1ccc(-c2cccc(-c3c(N=O)ccc4ccccc34)c2)cc1)c1ccccc1)c1ccccc1. The monoisotopic (exact) mass is 670 g/mol. The van der Waals surface area contributed by atoms with Gasteiger partial charge in [-0.05, 0) is 84.4 Å². The summed E-state index contributed by atoms with van der Waals surface area (Å²) in [5.74, 6) is 0.996. The Balaban J connectivity index is 1.17. The Morgan fingerprint density at radius 2 is 1.12 bits per heavy atom. The van der Waals surface area contributed by atoms with Crippen LogP contribution in [-0.2, 0) is 6.54 Å². The van der Waals surface area contributed by atoms with Gasteiger partial charge in [0.2, 0.25) is 0 Å². The van der Waals surface area contributed by atoms with Gasteiger partial charge in [0.05, 0.1) is 6.54 Å². The Kier molecular flexibility index (Phi) is 8.97. The molecule has 52 heavy (non-hydrogen) atoms. The lowest BCUT2D eigenvalue weighted by molar-refractivity contribution is 1.07. The topological polar surface area (TPSA) is 80.2 Å². The van der Waals surface area contributed by atoms with Gasteiger partial charge in [-0.1, -0.05) is 158 Å². The third-order valence-electron chi connectivity index (χ3n) is 9.38. The maximum absolute atomic E-state index is 11.9. The van der Waals surface area contributed by atoms with Gasteiger partial charge in [0.25, 0.3) is 0 Å². The summed E-state index contributed by atoms with van der Waals surface area (Å²) in [5, 5.41) is 7.75. The van der Waals surface area contributed by atoms with E-state index in [0.717, 1.165) is 71.6 Å². The average Bonchev–Trinajstić information content (AvgIpc) is 3.22. The van der Waals surface area contributed by atoms with Crippen LogP contribution in [0.3, 0.4) is 0 Å². The molecule has 0 amide bonds. The zero-order valence-corrected chi connectivity index (χ0v) is 28.4. The van der Waals surface area contributed by atoms with Crippen molar-refractivity contribution in [3.05, 3.63) is 204 Å². The summed E-state index contributed by atoms with van der Waals surface area (Å²) in [6, 6.07) is 61.4. The number of hydrogen-bond acceptors (Lipinski definition) is 3. The van der Waals surface area contributed by atoms with E-state index >= 15 is 0 Å². The second-order valence-electron chi connectivity index (χ2n) is 12.7. The Hall–Kier alpha value is -6.98. The number of fused-ring (bicyclic) bond motifs is 2. The minimum absolute atomic E-state index is 0.415. The fourth-order valence-electron chi connectivity index (χ4n) is 6.75. The Morgan fingerprint density at radius 3 is 1.85 bits per heavy atom. The summed E-state index contributed by atoms with van der Waals surface area (Å²) in [6.07, 6.45) is 0. The number of aliphatic imine (C=N–C) groups is 2. The molecule has 0 saturated carbocycles. The molecular weight excluding hydrogens is 637 g/mol. The summed E-state index contributed by atoms with van der Waals surface area (Å²) >= 11 is 0. The van der Waals surface area contributed by atoms with Crippen molar-refractivity contribution in [2.24, 2.45) is 20.9 Å². The Bertz CT molecular complexity index is 2610. The van der Waals surface area contributed by atoms with Crippen LogP contribution in [-0.4, -0.2) is 11.7 Å². The van der Waals surface area contributed by atoms with E-state index in [0.29, 0.717) is 23.9 Å². The van der Waals surface area contributed by atoms with Crippen molar-refractivity contribution in [3.8, 4) is 33.4 Å². The third-order valence-corrected chi connectivity index (χ3v) is 9.38. The molecule has 0 atom stereocenters. The van der Waals surface area contributed by atoms with Gasteiger partial charge in [0.1, 0.15) is 11.5 Å². The largest absolute Gasteiger partial charge is 0.383 e. The molecule has 0 heterocycles. The van der Waals surface area contributed by atoms with E-state index in [4.69, 9.17) is 15.7 Å². The lowest BCUT2D eigenvalue weighted by Gasteiger charge is -2.13. The van der Waals surface area contributed by atoms with Crippen LogP contribution < -0.4 is 5.73 Å². The third kappa shape index (κ3) is 6.63. The van der Waals surface area contributed by atoms with Crippen molar-refractivity contribution in [2.75, 3.05) is 0 Å². The summed E-state index contributed by atoms with van der Waals surface area (Å²) in [5.41, 5.74) is 15.9. The minimum atomic E-state index is 0.415. The number of hydrogen-bond donors (Lipinski definition) is 1. The number of nitrogens with zero attached hydrogens (tertiary/aromatic N) is 3. The summed E-state index contributed by atoms with van der Waals surface area (Å²) < 4.78 is 0. The van der Waals surface area contributed by atoms with E-state index in [1.165, 1.54) is 0 Å². The van der Waals surface area contributed by atoms with Gasteiger partial charge in [-0.25, -0.2) is 4.99 Å². The molecule has 5 nitrogen and oxygen atoms in total. The molecule has 8 aromatic rings. The van der Waals surface area contributed by atoms with E-state index in [1.807, 2.05) is 97.1 Å². The minimum Gasteiger partial charge on any atom is -0.383 e. The number of nitroso groups, excluding NO2 is 1. The summed E-state index contributed by atoms with van der Waals surface area (Å²) in [4.78, 5) is 21.8. The van der Waals surface area contributed by atoms with Crippen LogP contribution in [0.4, 0.5) is 5.69 Å². The molecule has 8 aromatic carbocycles. The number of amidine groups is 2. The highest BCUT2D eigenvalue weighted by Gasteiger charge is 2.14. The van der Waals surface area contributed by atoms with Crippen LogP contribution in [0.1, 0.15) is 16.7 Å². The van der Waals surface area contributed by atoms with Crippen molar-refractivity contribution >= 4 is 38.9 Å². The van der Waals surface area contributed by atoms with Gasteiger partial charge >= 0.3 is 0 Å². The van der Waals surface area contributed by atoms with Crippen LogP contribution >= 0.6 is 0 Å². The van der Waals surface area contributed by atoms with Crippen LogP contribution in [0, 0.1) is 4.91 Å². The first kappa shape index (κ1) is 32.2. The number of rotatable bonds is 8. The molecule has 0 fully saturated rings. The highest BCUT2D eigenvalue weighted by molar-refractivity contribution is 6.11. The highest BCUT2D eigenvalue weighted by Crippen LogP contribution is 2.39. The quantitative estimate of drug-likeness (QED) is 0.0992. The molecular formula is C47H34N4O. The molecule has 2 N–H and O–H groups in total. The molecule has 0 aromatic heterocycles. The maximum Gasteiger partial charge on any atom is 0.157 e. The molecule has 0 spiro atoms. The first-order valence-electron chi connectivity index (χ1n) is 17.2. The van der Waals surface area contributed by atoms with E-state index in [-0.39, 0.29) is 0 Å². The first-order valence-corrected chi connectivity index (χ1v) is 17.2. The normalized spacial score (nSPS) is 11.9. The molecule has 5 heteroatoms. The molecule has 0 saturated heterocycles. The molecule has 8 rings (SSSR count). The van der Waals surface area contributed by atoms with E-state index in [2.05, 4.69) is 84.0 Å². The molecule has 0 aliphatic rings. The molecule has 0 aliphatic heterocycles. The van der Waals surface area contributed by atoms with Gasteiger partial charge in [-0.15, -0.1) is 4.91 Å². The standard InChI is InChI=1S/C47H34N4O/c48-46(35-13-3-1-4-14-35)50-47(36-15-5-2-6-16-36)49-31-41-29-38-17-7-8-18-39(38)30-43(41)34-24-22-32(23-25-34)37-19-11-20-40(28-37)45-42-21-10-9-12-33(42)26-27-44(45)51-52/h1-30H,31H2,(H2,48,49,50). The van der Waals surface area contributed by atoms with Crippen molar-refractivity contribution in [1.29, 1.82) is 0 Å². The number of benzene rings is 8. The maximum atomic E-state index is 11.9. The smallest absolute Gasteiger partial charge is 0.157 e. The Labute approximate surface area is 302 Å². The van der Waals surface area contributed by atoms with Gasteiger partial charge in [-0.2, -0.15) is 0 Å². The zero-order valence-electron chi connectivity index (χ0n) is 28.4. The van der Waals surface area contributed by atoms with Crippen LogP contribution in [0.5, 0.6) is 0 Å². The van der Waals surface area contributed by atoms with Gasteiger partial charge in [0, 0.05) is 16.7 Å². The average molecular weight is 671 g/mol. The van der Waals surface area contributed by atoms with Gasteiger partial charge < -0.3 is 5.73 Å². The second-order valence-corrected chi connectivity index (χ2v) is 12.7. The Morgan fingerprint density at radius 1 is 0.500 bits per heavy atom. The predicted molar refractivity (Wildman–Crippen MR) is 217 cm³/mol. The van der Waals surface area contributed by atoms with Crippen molar-refractivity contribution < 1.29 is 0 Å². The fourth-order valence-corrected chi connectivity index (χ4v) is 6.75. The first-order chi connectivity index (χ1) is 25.6. The molecule has 0 unspecified atom stereocenters. The van der Waals surface area contributed by atoms with Crippen LogP contribution in [0.25, 0.3) is 54.9 Å². The van der Waals surface area contributed by atoms with Crippen LogP contribution in [0.15, 0.2) is 197 Å². The van der Waals surface area contributed by atoms with E-state index < -0.39 is 0 Å². The fraction of sp³-hybridized carbons (Fsp3) is 0.0213. The molecule has 0 bridgehead atoms. The lowest BCUT2D eigenvalue weighted by Crippen LogP contribution is -2.16. The lowest BCUT2D eigenvalue weighted by atomic mass is 9.92. The molecule has 248 valence electrons. The summed E-state index contributed by atoms with van der Waals surface area (Å²) in [6.45, 7) is 0.415. The van der Waals surface area contributed by atoms with E-state index in [9.17, 15) is 4.91 Å². The predicted octanol–water partition coefficient (Wildman–Crippen LogP) is 11.7. The van der Waals surface area contributed by atoms with Crippen molar-refractivity contribution in [1.82, 2.24) is 0 Å².